The van der Waals surface area contributed by atoms with Gasteiger partial charge in [-0.25, -0.2) is 4.98 Å². The Morgan fingerprint density at radius 3 is 2.69 bits per heavy atom. The average molecular weight is 352 g/mol. The van der Waals surface area contributed by atoms with E-state index in [0.717, 1.165) is 16.5 Å². The van der Waals surface area contributed by atoms with E-state index in [9.17, 15) is 14.9 Å². The number of rotatable bonds is 5. The summed E-state index contributed by atoms with van der Waals surface area (Å²) < 4.78 is 5.23. The largest absolute Gasteiger partial charge is 0.465 e. The normalized spacial score (nSPS) is 15.0. The summed E-state index contributed by atoms with van der Waals surface area (Å²) in [6, 6.07) is 8.16. The van der Waals surface area contributed by atoms with Crippen LogP contribution in [0.4, 0.5) is 5.69 Å². The number of carbonyl (C=O) groups is 1. The van der Waals surface area contributed by atoms with Crippen LogP contribution in [-0.2, 0) is 14.9 Å². The molecule has 0 aliphatic heterocycles. The number of nitrogens with zero attached hydrogens (tertiary/aromatic N) is 3. The van der Waals surface area contributed by atoms with E-state index in [4.69, 9.17) is 4.74 Å². The van der Waals surface area contributed by atoms with Gasteiger partial charge in [0.15, 0.2) is 5.65 Å². The van der Waals surface area contributed by atoms with Crippen molar-refractivity contribution in [2.24, 2.45) is 0 Å². The first kappa shape index (κ1) is 16.2. The van der Waals surface area contributed by atoms with E-state index < -0.39 is 10.3 Å². The van der Waals surface area contributed by atoms with Crippen molar-refractivity contribution >= 4 is 22.7 Å². The van der Waals surface area contributed by atoms with E-state index in [0.29, 0.717) is 30.8 Å². The molecule has 8 nitrogen and oxygen atoms in total. The highest BCUT2D eigenvalue weighted by Gasteiger charge is 2.54. The average Bonchev–Trinajstić information content (AvgIpc) is 3.32. The van der Waals surface area contributed by atoms with Gasteiger partial charge in [-0.05, 0) is 49.1 Å². The second kappa shape index (κ2) is 5.91. The highest BCUT2D eigenvalue weighted by atomic mass is 16.6. The van der Waals surface area contributed by atoms with Gasteiger partial charge in [0, 0.05) is 17.5 Å². The maximum Gasteiger partial charge on any atom is 0.318 e. The van der Waals surface area contributed by atoms with Crippen LogP contribution in [0, 0.1) is 10.1 Å². The lowest BCUT2D eigenvalue weighted by Gasteiger charge is -2.15. The standard InChI is InChI=1S/C18H16N4O4/c1-2-26-17(23)18(7-8-18)15-9-13(14-10-19-21-16(14)20-15)11-3-5-12(6-4-11)22(24)25/h3-6,9-10H,2,7-8H2,1H3,(H,19,20,21). The molecule has 0 bridgehead atoms. The van der Waals surface area contributed by atoms with E-state index in [1.165, 1.54) is 12.1 Å². The fourth-order valence-electron chi connectivity index (χ4n) is 3.13. The molecule has 0 spiro atoms. The molecule has 0 radical (unpaired) electrons. The quantitative estimate of drug-likeness (QED) is 0.429. The monoisotopic (exact) mass is 352 g/mol. The van der Waals surface area contributed by atoms with Gasteiger partial charge in [0.25, 0.3) is 5.69 Å². The van der Waals surface area contributed by atoms with Crippen LogP contribution >= 0.6 is 0 Å². The Balaban J connectivity index is 1.83. The maximum atomic E-state index is 12.4. The number of ether oxygens (including phenoxy) is 1. The summed E-state index contributed by atoms with van der Waals surface area (Å²) in [4.78, 5) is 27.4. The number of pyridine rings is 1. The second-order valence-electron chi connectivity index (χ2n) is 6.29. The number of nitro groups is 1. The summed E-state index contributed by atoms with van der Waals surface area (Å²) in [7, 11) is 0. The molecular formula is C18H16N4O4. The van der Waals surface area contributed by atoms with E-state index >= 15 is 0 Å². The van der Waals surface area contributed by atoms with Crippen molar-refractivity contribution in [2.45, 2.75) is 25.2 Å². The number of non-ortho nitro benzene ring substituents is 1. The zero-order chi connectivity index (χ0) is 18.3. The van der Waals surface area contributed by atoms with Crippen LogP contribution in [0.2, 0.25) is 0 Å². The molecule has 132 valence electrons. The first-order valence-electron chi connectivity index (χ1n) is 8.32. The molecule has 0 saturated heterocycles. The molecule has 2 aromatic heterocycles. The molecule has 1 aliphatic rings. The molecule has 1 aliphatic carbocycles. The number of hydrogen-bond acceptors (Lipinski definition) is 6. The number of H-pyrrole nitrogens is 1. The fraction of sp³-hybridized carbons (Fsp3) is 0.278. The second-order valence-corrected chi connectivity index (χ2v) is 6.29. The number of nitrogens with one attached hydrogen (secondary N) is 1. The van der Waals surface area contributed by atoms with Gasteiger partial charge in [0.1, 0.15) is 5.41 Å². The van der Waals surface area contributed by atoms with Crippen molar-refractivity contribution < 1.29 is 14.5 Å². The van der Waals surface area contributed by atoms with Crippen molar-refractivity contribution in [3.63, 3.8) is 0 Å². The van der Waals surface area contributed by atoms with Crippen molar-refractivity contribution in [3.05, 3.63) is 52.3 Å². The Kier molecular flexibility index (Phi) is 3.68. The number of esters is 1. The molecule has 0 amide bonds. The van der Waals surface area contributed by atoms with Gasteiger partial charge < -0.3 is 4.74 Å². The predicted octanol–water partition coefficient (Wildman–Crippen LogP) is 3.13. The van der Waals surface area contributed by atoms with Crippen LogP contribution in [0.15, 0.2) is 36.5 Å². The first-order chi connectivity index (χ1) is 12.5. The maximum absolute atomic E-state index is 12.4. The molecule has 1 aromatic carbocycles. The summed E-state index contributed by atoms with van der Waals surface area (Å²) in [6.45, 7) is 2.10. The van der Waals surface area contributed by atoms with Crippen molar-refractivity contribution in [3.8, 4) is 11.1 Å². The molecule has 4 rings (SSSR count). The zero-order valence-electron chi connectivity index (χ0n) is 14.1. The number of carbonyl (C=O) groups excluding carboxylic acids is 1. The fourth-order valence-corrected chi connectivity index (χ4v) is 3.13. The molecule has 26 heavy (non-hydrogen) atoms. The third-order valence-corrected chi connectivity index (χ3v) is 4.72. The van der Waals surface area contributed by atoms with Crippen LogP contribution in [0.3, 0.4) is 0 Å². The lowest BCUT2D eigenvalue weighted by atomic mass is 9.96. The SMILES string of the molecule is CCOC(=O)C1(c2cc(-c3ccc([N+](=O)[O-])cc3)c3cn[nH]c3n2)CC1. The van der Waals surface area contributed by atoms with Gasteiger partial charge in [-0.3, -0.25) is 20.0 Å². The Labute approximate surface area is 148 Å². The van der Waals surface area contributed by atoms with Gasteiger partial charge in [-0.1, -0.05) is 0 Å². The van der Waals surface area contributed by atoms with Crippen molar-refractivity contribution in [1.29, 1.82) is 0 Å². The predicted molar refractivity (Wildman–Crippen MR) is 93.5 cm³/mol. The molecule has 1 saturated carbocycles. The minimum atomic E-state index is -0.704. The Hall–Kier alpha value is -3.29. The number of nitro benzene ring substituents is 1. The molecule has 1 N–H and O–H groups in total. The minimum Gasteiger partial charge on any atom is -0.465 e. The topological polar surface area (TPSA) is 111 Å². The van der Waals surface area contributed by atoms with Gasteiger partial charge in [0.05, 0.1) is 23.4 Å². The van der Waals surface area contributed by atoms with E-state index in [1.807, 2.05) is 6.07 Å². The highest BCUT2D eigenvalue weighted by molar-refractivity contribution is 5.94. The summed E-state index contributed by atoms with van der Waals surface area (Å²) in [5, 5.41) is 18.6. The molecular weight excluding hydrogens is 336 g/mol. The highest BCUT2D eigenvalue weighted by Crippen LogP contribution is 2.49. The van der Waals surface area contributed by atoms with Gasteiger partial charge in [0.2, 0.25) is 0 Å². The Morgan fingerprint density at radius 1 is 1.35 bits per heavy atom. The first-order valence-corrected chi connectivity index (χ1v) is 8.32. The van der Waals surface area contributed by atoms with Crippen LogP contribution in [0.25, 0.3) is 22.2 Å². The number of hydrogen-bond donors (Lipinski definition) is 1. The number of aromatic amines is 1. The smallest absolute Gasteiger partial charge is 0.318 e. The summed E-state index contributed by atoms with van der Waals surface area (Å²) in [5.41, 5.74) is 2.16. The molecule has 3 aromatic rings. The third kappa shape index (κ3) is 2.50. The van der Waals surface area contributed by atoms with E-state index in [2.05, 4.69) is 15.2 Å². The summed E-state index contributed by atoms with van der Waals surface area (Å²) >= 11 is 0. The van der Waals surface area contributed by atoms with Crippen molar-refractivity contribution in [1.82, 2.24) is 15.2 Å². The minimum absolute atomic E-state index is 0.0247. The van der Waals surface area contributed by atoms with Crippen LogP contribution in [0.5, 0.6) is 0 Å². The van der Waals surface area contributed by atoms with Crippen LogP contribution in [0.1, 0.15) is 25.5 Å². The molecule has 2 heterocycles. The third-order valence-electron chi connectivity index (χ3n) is 4.72. The zero-order valence-corrected chi connectivity index (χ0v) is 14.1. The summed E-state index contributed by atoms with van der Waals surface area (Å²) in [6.07, 6.45) is 3.04. The molecule has 8 heteroatoms. The lowest BCUT2D eigenvalue weighted by Crippen LogP contribution is -2.24. The lowest BCUT2D eigenvalue weighted by molar-refractivity contribution is -0.384. The number of fused-ring (bicyclic) bond motifs is 1. The van der Waals surface area contributed by atoms with Crippen LogP contribution in [-0.4, -0.2) is 32.7 Å². The molecule has 0 unspecified atom stereocenters. The van der Waals surface area contributed by atoms with Gasteiger partial charge in [-0.2, -0.15) is 5.10 Å². The van der Waals surface area contributed by atoms with E-state index in [1.54, 1.807) is 25.3 Å². The van der Waals surface area contributed by atoms with Crippen LogP contribution < -0.4 is 0 Å². The molecule has 0 atom stereocenters. The number of benzene rings is 1. The number of aromatic nitrogens is 3. The Bertz CT molecular complexity index is 1010. The van der Waals surface area contributed by atoms with Crippen molar-refractivity contribution in [2.75, 3.05) is 6.61 Å². The van der Waals surface area contributed by atoms with E-state index in [-0.39, 0.29) is 11.7 Å². The van der Waals surface area contributed by atoms with Gasteiger partial charge >= 0.3 is 5.97 Å². The molecule has 1 fully saturated rings. The van der Waals surface area contributed by atoms with Gasteiger partial charge in [-0.15, -0.1) is 0 Å². The summed E-state index contributed by atoms with van der Waals surface area (Å²) in [5.74, 6) is -0.263. The Morgan fingerprint density at radius 2 is 2.08 bits per heavy atom.